The highest BCUT2D eigenvalue weighted by Crippen LogP contribution is 2.18. The van der Waals surface area contributed by atoms with Gasteiger partial charge < -0.3 is 0 Å². The van der Waals surface area contributed by atoms with Crippen molar-refractivity contribution in [3.05, 3.63) is 23.8 Å². The third kappa shape index (κ3) is 6.56. The van der Waals surface area contributed by atoms with Crippen LogP contribution >= 0.6 is 11.8 Å². The molecule has 1 aliphatic carbocycles. The van der Waals surface area contributed by atoms with Crippen molar-refractivity contribution in [1.82, 2.24) is 0 Å². The van der Waals surface area contributed by atoms with Gasteiger partial charge in [0.05, 0.1) is 0 Å². The Balaban J connectivity index is 1.83. The minimum atomic E-state index is 0.247. The highest BCUT2D eigenvalue weighted by molar-refractivity contribution is 8.13. The first-order valence-electron chi connectivity index (χ1n) is 5.77. The molecule has 0 N–H and O–H groups in total. The number of thioether (sulfide) groups is 1. The standard InChI is InChI=1S/C13H20OS/c1-12(14)15-11-7-3-2-4-8-13-9-5-6-10-13/h5-6,9H,2-4,7-8,10-11H2,1H3. The van der Waals surface area contributed by atoms with Gasteiger partial charge in [0.1, 0.15) is 0 Å². The maximum Gasteiger partial charge on any atom is 0.185 e. The summed E-state index contributed by atoms with van der Waals surface area (Å²) in [6.07, 6.45) is 14.1. The lowest BCUT2D eigenvalue weighted by Gasteiger charge is -2.02. The molecular formula is C13H20OS. The third-order valence-electron chi connectivity index (χ3n) is 2.55. The van der Waals surface area contributed by atoms with Gasteiger partial charge in [0.25, 0.3) is 0 Å². The van der Waals surface area contributed by atoms with Crippen LogP contribution in [0.2, 0.25) is 0 Å². The fraction of sp³-hybridized carbons (Fsp3) is 0.615. The Hall–Kier alpha value is -0.500. The van der Waals surface area contributed by atoms with Crippen LogP contribution in [0, 0.1) is 0 Å². The fourth-order valence-corrected chi connectivity index (χ4v) is 2.34. The van der Waals surface area contributed by atoms with Crippen LogP contribution in [0.15, 0.2) is 23.8 Å². The zero-order chi connectivity index (χ0) is 10.9. The Morgan fingerprint density at radius 3 is 2.80 bits per heavy atom. The number of hydrogen-bond donors (Lipinski definition) is 0. The zero-order valence-corrected chi connectivity index (χ0v) is 10.3. The second-order valence-electron chi connectivity index (χ2n) is 3.96. The molecule has 0 unspecified atom stereocenters. The van der Waals surface area contributed by atoms with Crippen molar-refractivity contribution in [3.63, 3.8) is 0 Å². The van der Waals surface area contributed by atoms with Crippen molar-refractivity contribution in [1.29, 1.82) is 0 Å². The first-order chi connectivity index (χ1) is 7.29. The van der Waals surface area contributed by atoms with E-state index in [1.54, 1.807) is 12.5 Å². The van der Waals surface area contributed by atoms with E-state index in [0.29, 0.717) is 0 Å². The topological polar surface area (TPSA) is 17.1 Å². The van der Waals surface area contributed by atoms with Gasteiger partial charge in [-0.3, -0.25) is 4.79 Å². The molecule has 15 heavy (non-hydrogen) atoms. The molecule has 0 saturated heterocycles. The van der Waals surface area contributed by atoms with Crippen LogP contribution in [0.5, 0.6) is 0 Å². The first-order valence-corrected chi connectivity index (χ1v) is 6.75. The van der Waals surface area contributed by atoms with E-state index in [1.807, 2.05) is 0 Å². The summed E-state index contributed by atoms with van der Waals surface area (Å²) in [5, 5.41) is 0.247. The van der Waals surface area contributed by atoms with Gasteiger partial charge >= 0.3 is 0 Å². The van der Waals surface area contributed by atoms with Crippen LogP contribution in [0.25, 0.3) is 0 Å². The molecule has 0 saturated carbocycles. The van der Waals surface area contributed by atoms with E-state index >= 15 is 0 Å². The molecule has 1 rings (SSSR count). The van der Waals surface area contributed by atoms with E-state index in [9.17, 15) is 4.79 Å². The lowest BCUT2D eigenvalue weighted by Crippen LogP contribution is -1.87. The molecule has 0 fully saturated rings. The average molecular weight is 224 g/mol. The second-order valence-corrected chi connectivity index (χ2v) is 5.23. The molecule has 0 aromatic heterocycles. The van der Waals surface area contributed by atoms with Crippen molar-refractivity contribution in [3.8, 4) is 0 Å². The molecule has 0 bridgehead atoms. The number of carbonyl (C=O) groups excluding carboxylic acids is 1. The van der Waals surface area contributed by atoms with Gasteiger partial charge in [-0.1, -0.05) is 48.4 Å². The van der Waals surface area contributed by atoms with Crippen LogP contribution in [0.4, 0.5) is 0 Å². The lowest BCUT2D eigenvalue weighted by molar-refractivity contribution is -0.109. The zero-order valence-electron chi connectivity index (χ0n) is 9.50. The summed E-state index contributed by atoms with van der Waals surface area (Å²) in [6, 6.07) is 0. The average Bonchev–Trinajstić information content (AvgIpc) is 2.68. The van der Waals surface area contributed by atoms with E-state index in [4.69, 9.17) is 0 Å². The quantitative estimate of drug-likeness (QED) is 0.605. The van der Waals surface area contributed by atoms with Crippen molar-refractivity contribution in [2.24, 2.45) is 0 Å². The SMILES string of the molecule is CC(=O)SCCCCCCC1=CC=CC1. The number of carbonyl (C=O) groups is 1. The molecule has 0 atom stereocenters. The Labute approximate surface area is 97.0 Å². The molecule has 0 radical (unpaired) electrons. The van der Waals surface area contributed by atoms with E-state index < -0.39 is 0 Å². The minimum absolute atomic E-state index is 0.247. The normalized spacial score (nSPS) is 14.3. The summed E-state index contributed by atoms with van der Waals surface area (Å²) in [6.45, 7) is 1.64. The highest BCUT2D eigenvalue weighted by Gasteiger charge is 1.99. The van der Waals surface area contributed by atoms with Crippen LogP contribution in [-0.4, -0.2) is 10.9 Å². The molecule has 84 valence electrons. The third-order valence-corrected chi connectivity index (χ3v) is 3.44. The Morgan fingerprint density at radius 1 is 1.33 bits per heavy atom. The van der Waals surface area contributed by atoms with E-state index in [-0.39, 0.29) is 5.12 Å². The molecule has 2 heteroatoms. The highest BCUT2D eigenvalue weighted by atomic mass is 32.2. The van der Waals surface area contributed by atoms with Gasteiger partial charge in [-0.2, -0.15) is 0 Å². The summed E-state index contributed by atoms with van der Waals surface area (Å²) in [7, 11) is 0. The van der Waals surface area contributed by atoms with Crippen molar-refractivity contribution in [2.45, 2.75) is 45.4 Å². The largest absolute Gasteiger partial charge is 0.288 e. The summed E-state index contributed by atoms with van der Waals surface area (Å²) in [5.74, 6) is 1.000. The fourth-order valence-electron chi connectivity index (χ4n) is 1.70. The summed E-state index contributed by atoms with van der Waals surface area (Å²) in [5.41, 5.74) is 1.58. The summed E-state index contributed by atoms with van der Waals surface area (Å²) < 4.78 is 0. The predicted molar refractivity (Wildman–Crippen MR) is 68.1 cm³/mol. The first kappa shape index (κ1) is 12.6. The van der Waals surface area contributed by atoms with E-state index in [1.165, 1.54) is 50.3 Å². The summed E-state index contributed by atoms with van der Waals surface area (Å²) in [4.78, 5) is 10.7. The van der Waals surface area contributed by atoms with Crippen molar-refractivity contribution in [2.75, 3.05) is 5.75 Å². The van der Waals surface area contributed by atoms with Gasteiger partial charge in [-0.05, 0) is 25.7 Å². The van der Waals surface area contributed by atoms with Gasteiger partial charge in [0, 0.05) is 12.7 Å². The van der Waals surface area contributed by atoms with Gasteiger partial charge in [0.15, 0.2) is 5.12 Å². The summed E-state index contributed by atoms with van der Waals surface area (Å²) >= 11 is 1.45. The maximum absolute atomic E-state index is 10.7. The molecule has 0 amide bonds. The van der Waals surface area contributed by atoms with Crippen LogP contribution in [0.3, 0.4) is 0 Å². The minimum Gasteiger partial charge on any atom is -0.288 e. The molecule has 1 aliphatic rings. The number of hydrogen-bond acceptors (Lipinski definition) is 2. The second kappa shape index (κ2) is 7.75. The van der Waals surface area contributed by atoms with E-state index in [0.717, 1.165) is 5.75 Å². The van der Waals surface area contributed by atoms with Gasteiger partial charge in [0.2, 0.25) is 0 Å². The molecule has 0 aromatic carbocycles. The van der Waals surface area contributed by atoms with Gasteiger partial charge in [-0.15, -0.1) is 0 Å². The monoisotopic (exact) mass is 224 g/mol. The number of rotatable bonds is 7. The smallest absolute Gasteiger partial charge is 0.185 e. The molecule has 0 spiro atoms. The Bertz CT molecular complexity index is 253. The molecular weight excluding hydrogens is 204 g/mol. The number of unbranched alkanes of at least 4 members (excludes halogenated alkanes) is 3. The molecule has 0 aliphatic heterocycles. The van der Waals surface area contributed by atoms with Crippen LogP contribution in [0.1, 0.15) is 45.4 Å². The molecule has 0 aromatic rings. The predicted octanol–water partition coefficient (Wildman–Crippen LogP) is 4.10. The molecule has 1 nitrogen and oxygen atoms in total. The lowest BCUT2D eigenvalue weighted by atomic mass is 10.1. The maximum atomic E-state index is 10.7. The number of allylic oxidation sites excluding steroid dienone is 4. The van der Waals surface area contributed by atoms with Crippen LogP contribution < -0.4 is 0 Å². The molecule has 0 heterocycles. The van der Waals surface area contributed by atoms with Crippen LogP contribution in [-0.2, 0) is 4.79 Å². The van der Waals surface area contributed by atoms with Crippen molar-refractivity contribution < 1.29 is 4.79 Å². The van der Waals surface area contributed by atoms with E-state index in [2.05, 4.69) is 18.2 Å². The Morgan fingerprint density at radius 2 is 2.13 bits per heavy atom. The van der Waals surface area contributed by atoms with Crippen molar-refractivity contribution >= 4 is 16.9 Å². The Kier molecular flexibility index (Phi) is 6.49. The van der Waals surface area contributed by atoms with Gasteiger partial charge in [-0.25, -0.2) is 0 Å².